The van der Waals surface area contributed by atoms with Crippen molar-refractivity contribution in [1.29, 1.82) is 0 Å². The highest BCUT2D eigenvalue weighted by atomic mass is 32.1. The quantitative estimate of drug-likeness (QED) is 0.937. The molecule has 6 heteroatoms. The van der Waals surface area contributed by atoms with Crippen LogP contribution in [0.4, 0.5) is 0 Å². The Morgan fingerprint density at radius 1 is 1.23 bits per heavy atom. The van der Waals surface area contributed by atoms with Crippen LogP contribution in [0.2, 0.25) is 0 Å². The lowest BCUT2D eigenvalue weighted by atomic mass is 9.85. The molecule has 0 bridgehead atoms. The topological polar surface area (TPSA) is 56.0 Å². The van der Waals surface area contributed by atoms with Crippen molar-refractivity contribution in [1.82, 2.24) is 14.5 Å². The molecule has 0 radical (unpaired) electrons. The van der Waals surface area contributed by atoms with Crippen LogP contribution in [0.15, 0.2) is 33.2 Å². The molecule has 0 aliphatic rings. The van der Waals surface area contributed by atoms with E-state index in [0.29, 0.717) is 12.2 Å². The third-order valence-corrected chi connectivity index (χ3v) is 4.74. The molecule has 120 valence electrons. The predicted molar refractivity (Wildman–Crippen MR) is 90.3 cm³/mol. The first-order chi connectivity index (χ1) is 10.2. The fourth-order valence-corrected chi connectivity index (χ4v) is 3.49. The summed E-state index contributed by atoms with van der Waals surface area (Å²) >= 11 is 1.71. The Balaban J connectivity index is 2.28. The van der Waals surface area contributed by atoms with E-state index < -0.39 is 0 Å². The summed E-state index contributed by atoms with van der Waals surface area (Å²) in [6.45, 7) is 7.00. The van der Waals surface area contributed by atoms with E-state index in [9.17, 15) is 9.59 Å². The second kappa shape index (κ2) is 6.22. The zero-order valence-corrected chi connectivity index (χ0v) is 14.5. The van der Waals surface area contributed by atoms with Gasteiger partial charge in [0.05, 0.1) is 0 Å². The second-order valence-electron chi connectivity index (χ2n) is 6.57. The number of aromatic nitrogens is 2. The Morgan fingerprint density at radius 3 is 2.45 bits per heavy atom. The summed E-state index contributed by atoms with van der Waals surface area (Å²) in [6, 6.07) is 5.82. The van der Waals surface area contributed by atoms with Crippen molar-refractivity contribution in [2.75, 3.05) is 0 Å². The molecule has 2 heterocycles. The number of thiophene rings is 1. The van der Waals surface area contributed by atoms with Crippen LogP contribution in [-0.2, 0) is 20.6 Å². The van der Waals surface area contributed by atoms with Gasteiger partial charge >= 0.3 is 5.69 Å². The summed E-state index contributed by atoms with van der Waals surface area (Å²) < 4.78 is 2.63. The average Bonchev–Trinajstić information content (AvgIpc) is 2.94. The van der Waals surface area contributed by atoms with Crippen molar-refractivity contribution in [3.05, 3.63) is 55.0 Å². The summed E-state index contributed by atoms with van der Waals surface area (Å²) in [7, 11) is 3.18. The first-order valence-electron chi connectivity index (χ1n) is 7.24. The molecule has 0 aliphatic carbocycles. The Hall–Kier alpha value is -1.66. The van der Waals surface area contributed by atoms with Gasteiger partial charge in [-0.2, -0.15) is 0 Å². The molecule has 1 atom stereocenters. The molecular weight excluding hydrogens is 298 g/mol. The van der Waals surface area contributed by atoms with Gasteiger partial charge in [0, 0.05) is 43.3 Å². The molecule has 22 heavy (non-hydrogen) atoms. The number of nitrogens with one attached hydrogen (secondary N) is 1. The highest BCUT2D eigenvalue weighted by molar-refractivity contribution is 7.10. The van der Waals surface area contributed by atoms with Crippen molar-refractivity contribution in [2.24, 2.45) is 19.5 Å². The van der Waals surface area contributed by atoms with Gasteiger partial charge in [-0.15, -0.1) is 11.3 Å². The van der Waals surface area contributed by atoms with E-state index in [1.807, 2.05) is 6.07 Å². The molecule has 0 saturated carbocycles. The van der Waals surface area contributed by atoms with Crippen molar-refractivity contribution in [2.45, 2.75) is 33.4 Å². The maximum atomic E-state index is 12.0. The molecular formula is C16H23N3O2S. The van der Waals surface area contributed by atoms with Crippen molar-refractivity contribution in [3.8, 4) is 0 Å². The van der Waals surface area contributed by atoms with Gasteiger partial charge < -0.3 is 5.32 Å². The zero-order valence-electron chi connectivity index (χ0n) is 13.7. The molecule has 2 aromatic heterocycles. The van der Waals surface area contributed by atoms with Gasteiger partial charge in [-0.05, 0) is 16.9 Å². The molecule has 1 N–H and O–H groups in total. The van der Waals surface area contributed by atoms with Crippen LogP contribution >= 0.6 is 11.3 Å². The Bertz CT molecular complexity index is 751. The molecule has 5 nitrogen and oxygen atoms in total. The van der Waals surface area contributed by atoms with Crippen LogP contribution in [-0.4, -0.2) is 9.13 Å². The van der Waals surface area contributed by atoms with Gasteiger partial charge in [0.2, 0.25) is 0 Å². The van der Waals surface area contributed by atoms with Crippen LogP contribution in [0.3, 0.4) is 0 Å². The predicted octanol–water partition coefficient (Wildman–Crippen LogP) is 2.02. The SMILES string of the molecule is Cn1c(CN[C@H](c2cccs2)C(C)(C)C)cc(=O)n(C)c1=O. The van der Waals surface area contributed by atoms with E-state index in [4.69, 9.17) is 0 Å². The molecule has 0 aliphatic heterocycles. The lowest BCUT2D eigenvalue weighted by Crippen LogP contribution is -2.40. The highest BCUT2D eigenvalue weighted by Crippen LogP contribution is 2.35. The molecule has 0 saturated heterocycles. The van der Waals surface area contributed by atoms with Gasteiger partial charge in [-0.25, -0.2) is 4.79 Å². The Labute approximate surface area is 134 Å². The van der Waals surface area contributed by atoms with E-state index in [0.717, 1.165) is 4.57 Å². The molecule has 0 aromatic carbocycles. The molecule has 0 fully saturated rings. The van der Waals surface area contributed by atoms with Crippen LogP contribution in [0.25, 0.3) is 0 Å². The Kier molecular flexibility index (Phi) is 4.72. The van der Waals surface area contributed by atoms with Crippen molar-refractivity contribution >= 4 is 11.3 Å². The van der Waals surface area contributed by atoms with Gasteiger partial charge in [0.15, 0.2) is 0 Å². The summed E-state index contributed by atoms with van der Waals surface area (Å²) in [5.74, 6) is 0. The lowest BCUT2D eigenvalue weighted by molar-refractivity contribution is 0.273. The summed E-state index contributed by atoms with van der Waals surface area (Å²) in [6.07, 6.45) is 0. The fraction of sp³-hybridized carbons (Fsp3) is 0.500. The molecule has 2 aromatic rings. The summed E-state index contributed by atoms with van der Waals surface area (Å²) in [5, 5.41) is 5.55. The number of hydrogen-bond donors (Lipinski definition) is 1. The maximum Gasteiger partial charge on any atom is 0.330 e. The van der Waals surface area contributed by atoms with Crippen LogP contribution in [0, 0.1) is 5.41 Å². The van der Waals surface area contributed by atoms with Gasteiger partial charge in [-0.3, -0.25) is 13.9 Å². The first-order valence-corrected chi connectivity index (χ1v) is 8.12. The van der Waals surface area contributed by atoms with E-state index in [1.165, 1.54) is 22.6 Å². The highest BCUT2D eigenvalue weighted by Gasteiger charge is 2.26. The molecule has 0 unspecified atom stereocenters. The second-order valence-corrected chi connectivity index (χ2v) is 7.55. The standard InChI is InChI=1S/C16H23N3O2S/c1-16(2,3)14(12-7-6-8-22-12)17-10-11-9-13(20)19(5)15(21)18(11)4/h6-9,14,17H,10H2,1-5H3/t14-/m1/s1. The number of rotatable bonds is 4. The lowest BCUT2D eigenvalue weighted by Gasteiger charge is -2.31. The first kappa shape index (κ1) is 16.7. The van der Waals surface area contributed by atoms with Crippen LogP contribution < -0.4 is 16.6 Å². The van der Waals surface area contributed by atoms with Gasteiger partial charge in [-0.1, -0.05) is 26.8 Å². The van der Waals surface area contributed by atoms with E-state index in [-0.39, 0.29) is 22.7 Å². The molecule has 0 amide bonds. The van der Waals surface area contributed by atoms with Gasteiger partial charge in [0.1, 0.15) is 0 Å². The van der Waals surface area contributed by atoms with Crippen LogP contribution in [0.5, 0.6) is 0 Å². The smallest absolute Gasteiger partial charge is 0.303 e. The van der Waals surface area contributed by atoms with Crippen molar-refractivity contribution < 1.29 is 0 Å². The third kappa shape index (κ3) is 3.39. The van der Waals surface area contributed by atoms with Gasteiger partial charge in [0.25, 0.3) is 5.56 Å². The van der Waals surface area contributed by atoms with E-state index >= 15 is 0 Å². The van der Waals surface area contributed by atoms with Crippen LogP contribution in [0.1, 0.15) is 37.4 Å². The number of hydrogen-bond acceptors (Lipinski definition) is 4. The summed E-state index contributed by atoms with van der Waals surface area (Å²) in [5.41, 5.74) is 0.152. The summed E-state index contributed by atoms with van der Waals surface area (Å²) in [4.78, 5) is 25.0. The van der Waals surface area contributed by atoms with Crippen molar-refractivity contribution in [3.63, 3.8) is 0 Å². The fourth-order valence-electron chi connectivity index (χ4n) is 2.44. The van der Waals surface area contributed by atoms with E-state index in [2.05, 4.69) is 37.5 Å². The largest absolute Gasteiger partial charge is 0.330 e. The number of nitrogens with zero attached hydrogens (tertiary/aromatic N) is 2. The minimum absolute atomic E-state index is 0.0312. The Morgan fingerprint density at radius 2 is 1.91 bits per heavy atom. The maximum absolute atomic E-state index is 12.0. The minimum Gasteiger partial charge on any atom is -0.303 e. The van der Waals surface area contributed by atoms with E-state index in [1.54, 1.807) is 18.4 Å². The molecule has 2 rings (SSSR count). The normalized spacial score (nSPS) is 13.3. The minimum atomic E-state index is -0.298. The zero-order chi connectivity index (χ0) is 16.5. The molecule has 0 spiro atoms. The monoisotopic (exact) mass is 321 g/mol. The average molecular weight is 321 g/mol. The third-order valence-electron chi connectivity index (χ3n) is 3.81.